The lowest BCUT2D eigenvalue weighted by molar-refractivity contribution is -0.148. The number of aliphatic hydroxyl groups is 1. The van der Waals surface area contributed by atoms with Crippen LogP contribution in [-0.2, 0) is 10.4 Å². The first-order valence-corrected chi connectivity index (χ1v) is 11.0. The molecular weight excluding hydrogens is 348 g/mol. The molecule has 2 N–H and O–H groups in total. The first-order chi connectivity index (χ1) is 13.5. The van der Waals surface area contributed by atoms with Gasteiger partial charge in [0.05, 0.1) is 0 Å². The Morgan fingerprint density at radius 3 is 2.43 bits per heavy atom. The van der Waals surface area contributed by atoms with Crippen molar-refractivity contribution in [3.63, 3.8) is 0 Å². The molecule has 4 nitrogen and oxygen atoms in total. The van der Waals surface area contributed by atoms with Crippen LogP contribution in [0, 0.1) is 11.8 Å². The lowest BCUT2D eigenvalue weighted by atomic mass is 9.79. The molecule has 3 rings (SSSR count). The van der Waals surface area contributed by atoms with Gasteiger partial charge in [-0.1, -0.05) is 69.2 Å². The van der Waals surface area contributed by atoms with Crippen LogP contribution in [0.1, 0.15) is 57.9 Å². The van der Waals surface area contributed by atoms with E-state index in [1.807, 2.05) is 30.3 Å². The molecule has 28 heavy (non-hydrogen) atoms. The van der Waals surface area contributed by atoms with Crippen LogP contribution >= 0.6 is 0 Å². The molecule has 0 aromatic heterocycles. The summed E-state index contributed by atoms with van der Waals surface area (Å²) < 4.78 is 0. The maximum absolute atomic E-state index is 13.3. The quantitative estimate of drug-likeness (QED) is 0.702. The average molecular weight is 385 g/mol. The lowest BCUT2D eigenvalue weighted by Crippen LogP contribution is -2.54. The number of likely N-dealkylation sites (tertiary alicyclic amines) is 1. The molecule has 1 saturated carbocycles. The molecule has 1 amide bonds. The van der Waals surface area contributed by atoms with E-state index in [2.05, 4.69) is 36.2 Å². The number of allylic oxidation sites excluding steroid dienone is 1. The van der Waals surface area contributed by atoms with Crippen LogP contribution in [0.15, 0.2) is 42.5 Å². The SMILES string of the molecule is CC(C)/C=C/CN1CCC(NC(=O)C(O)(c2ccccc2)C2CCCC2)CC1. The van der Waals surface area contributed by atoms with E-state index < -0.39 is 5.60 Å². The number of carbonyl (C=O) groups excluding carboxylic acids is 1. The van der Waals surface area contributed by atoms with Crippen LogP contribution in [0.3, 0.4) is 0 Å². The van der Waals surface area contributed by atoms with Crippen molar-refractivity contribution in [2.24, 2.45) is 11.8 Å². The first-order valence-electron chi connectivity index (χ1n) is 11.0. The Balaban J connectivity index is 1.60. The smallest absolute Gasteiger partial charge is 0.257 e. The molecule has 0 radical (unpaired) electrons. The molecular formula is C24H36N2O2. The second-order valence-electron chi connectivity index (χ2n) is 8.83. The fraction of sp³-hybridized carbons (Fsp3) is 0.625. The number of nitrogens with zero attached hydrogens (tertiary/aromatic N) is 1. The molecule has 2 aliphatic rings. The minimum Gasteiger partial charge on any atom is -0.375 e. The second kappa shape index (κ2) is 9.71. The van der Waals surface area contributed by atoms with Crippen molar-refractivity contribution in [2.75, 3.05) is 19.6 Å². The summed E-state index contributed by atoms with van der Waals surface area (Å²) in [5.41, 5.74) is -0.676. The molecule has 154 valence electrons. The molecule has 1 aromatic rings. The highest BCUT2D eigenvalue weighted by Gasteiger charge is 2.46. The van der Waals surface area contributed by atoms with Crippen LogP contribution in [0.5, 0.6) is 0 Å². The van der Waals surface area contributed by atoms with Crippen molar-refractivity contribution in [1.82, 2.24) is 10.2 Å². The van der Waals surface area contributed by atoms with E-state index in [9.17, 15) is 9.90 Å². The number of nitrogens with one attached hydrogen (secondary N) is 1. The van der Waals surface area contributed by atoms with Gasteiger partial charge in [-0.15, -0.1) is 0 Å². The second-order valence-corrected chi connectivity index (χ2v) is 8.83. The third-order valence-corrected chi connectivity index (χ3v) is 6.31. The molecule has 1 heterocycles. The van der Waals surface area contributed by atoms with Crippen molar-refractivity contribution in [3.8, 4) is 0 Å². The molecule has 2 fully saturated rings. The molecule has 0 bridgehead atoms. The van der Waals surface area contributed by atoms with Gasteiger partial charge in [0, 0.05) is 31.6 Å². The molecule has 1 unspecified atom stereocenters. The van der Waals surface area contributed by atoms with Gasteiger partial charge in [-0.3, -0.25) is 9.69 Å². The fourth-order valence-corrected chi connectivity index (χ4v) is 4.63. The highest BCUT2D eigenvalue weighted by molar-refractivity contribution is 5.87. The molecule has 1 aliphatic heterocycles. The van der Waals surface area contributed by atoms with Gasteiger partial charge in [0.25, 0.3) is 5.91 Å². The van der Waals surface area contributed by atoms with Crippen molar-refractivity contribution >= 4 is 5.91 Å². The zero-order valence-electron chi connectivity index (χ0n) is 17.4. The van der Waals surface area contributed by atoms with Crippen molar-refractivity contribution in [3.05, 3.63) is 48.0 Å². The monoisotopic (exact) mass is 384 g/mol. The van der Waals surface area contributed by atoms with Gasteiger partial charge in [0.2, 0.25) is 0 Å². The van der Waals surface area contributed by atoms with E-state index in [1.165, 1.54) is 0 Å². The summed E-state index contributed by atoms with van der Waals surface area (Å²) in [5.74, 6) is 0.392. The van der Waals surface area contributed by atoms with Gasteiger partial charge in [0.1, 0.15) is 0 Å². The zero-order chi connectivity index (χ0) is 20.0. The largest absolute Gasteiger partial charge is 0.375 e. The summed E-state index contributed by atoms with van der Waals surface area (Å²) in [6.45, 7) is 7.34. The van der Waals surface area contributed by atoms with Gasteiger partial charge >= 0.3 is 0 Å². The van der Waals surface area contributed by atoms with E-state index in [1.54, 1.807) is 0 Å². The van der Waals surface area contributed by atoms with E-state index in [4.69, 9.17) is 0 Å². The van der Waals surface area contributed by atoms with E-state index >= 15 is 0 Å². The van der Waals surface area contributed by atoms with Crippen molar-refractivity contribution < 1.29 is 9.90 Å². The number of hydrogen-bond donors (Lipinski definition) is 2. The van der Waals surface area contributed by atoms with Gasteiger partial charge in [-0.25, -0.2) is 0 Å². The van der Waals surface area contributed by atoms with E-state index in [0.29, 0.717) is 5.92 Å². The van der Waals surface area contributed by atoms with Crippen LogP contribution in [0.4, 0.5) is 0 Å². The normalized spacial score (nSPS) is 22.0. The van der Waals surface area contributed by atoms with Crippen LogP contribution in [0.2, 0.25) is 0 Å². The lowest BCUT2D eigenvalue weighted by Gasteiger charge is -2.37. The van der Waals surface area contributed by atoms with Crippen molar-refractivity contribution in [1.29, 1.82) is 0 Å². The van der Waals surface area contributed by atoms with Gasteiger partial charge < -0.3 is 10.4 Å². The fourth-order valence-electron chi connectivity index (χ4n) is 4.63. The minimum absolute atomic E-state index is 0.0103. The Labute approximate surface area is 170 Å². The summed E-state index contributed by atoms with van der Waals surface area (Å²) in [6.07, 6.45) is 10.4. The van der Waals surface area contributed by atoms with Crippen molar-refractivity contribution in [2.45, 2.75) is 64.0 Å². The summed E-state index contributed by atoms with van der Waals surface area (Å²) in [6, 6.07) is 9.68. The Bertz CT molecular complexity index is 644. The summed E-state index contributed by atoms with van der Waals surface area (Å²) >= 11 is 0. The third-order valence-electron chi connectivity index (χ3n) is 6.31. The summed E-state index contributed by atoms with van der Waals surface area (Å²) in [7, 11) is 0. The Morgan fingerprint density at radius 1 is 1.18 bits per heavy atom. The predicted molar refractivity (Wildman–Crippen MR) is 114 cm³/mol. The van der Waals surface area contributed by atoms with Gasteiger partial charge in [-0.2, -0.15) is 0 Å². The zero-order valence-corrected chi connectivity index (χ0v) is 17.4. The van der Waals surface area contributed by atoms with E-state index in [-0.39, 0.29) is 17.9 Å². The van der Waals surface area contributed by atoms with Crippen LogP contribution in [0.25, 0.3) is 0 Å². The maximum atomic E-state index is 13.3. The predicted octanol–water partition coefficient (Wildman–Crippen LogP) is 3.86. The minimum atomic E-state index is -1.41. The van der Waals surface area contributed by atoms with E-state index in [0.717, 1.165) is 63.7 Å². The van der Waals surface area contributed by atoms with Crippen LogP contribution < -0.4 is 5.32 Å². The summed E-state index contributed by atoms with van der Waals surface area (Å²) in [4.78, 5) is 15.7. The first kappa shape index (κ1) is 21.1. The number of benzene rings is 1. The summed E-state index contributed by atoms with van der Waals surface area (Å²) in [5, 5.41) is 14.8. The maximum Gasteiger partial charge on any atom is 0.257 e. The highest BCUT2D eigenvalue weighted by atomic mass is 16.3. The highest BCUT2D eigenvalue weighted by Crippen LogP contribution is 2.41. The number of amides is 1. The molecule has 4 heteroatoms. The third kappa shape index (κ3) is 5.03. The Kier molecular flexibility index (Phi) is 7.30. The topological polar surface area (TPSA) is 52.6 Å². The Morgan fingerprint density at radius 2 is 1.82 bits per heavy atom. The standard InChI is InChI=1S/C24H36N2O2/c1-19(2)9-8-16-26-17-14-22(15-18-26)25-23(27)24(28,21-12-6-7-13-21)20-10-4-3-5-11-20/h3-5,8-11,19,21-22,28H,6-7,12-18H2,1-2H3,(H,25,27)/b9-8+. The molecule has 1 saturated heterocycles. The number of carbonyl (C=O) groups is 1. The molecule has 1 aliphatic carbocycles. The van der Waals surface area contributed by atoms with Crippen LogP contribution in [-0.4, -0.2) is 41.6 Å². The van der Waals surface area contributed by atoms with Gasteiger partial charge in [-0.05, 0) is 37.2 Å². The van der Waals surface area contributed by atoms with Gasteiger partial charge in [0.15, 0.2) is 5.60 Å². The molecule has 1 atom stereocenters. The Hall–Kier alpha value is -1.65. The average Bonchev–Trinajstić information content (AvgIpc) is 3.24. The number of piperidine rings is 1. The number of rotatable bonds is 7. The number of hydrogen-bond acceptors (Lipinski definition) is 3. The molecule has 0 spiro atoms. The molecule has 1 aromatic carbocycles.